The molecule has 1 aliphatic heterocycles. The molecule has 2 rings (SSSR count). The number of amides is 1. The van der Waals surface area contributed by atoms with E-state index in [-0.39, 0.29) is 0 Å². The highest BCUT2D eigenvalue weighted by atomic mass is 79.9. The minimum Gasteiger partial charge on any atom is -0.492 e. The van der Waals surface area contributed by atoms with Crippen LogP contribution in [0.25, 0.3) is 0 Å². The van der Waals surface area contributed by atoms with Gasteiger partial charge in [-0.05, 0) is 50.0 Å². The second kappa shape index (κ2) is 6.20. The number of hydrogen-bond donors (Lipinski definition) is 2. The van der Waals surface area contributed by atoms with Crippen LogP contribution in [0.2, 0.25) is 0 Å². The highest BCUT2D eigenvalue weighted by Gasteiger charge is 2.16. The number of nitrogens with one attached hydrogen (secondary N) is 1. The lowest BCUT2D eigenvalue weighted by Gasteiger charge is -2.23. The summed E-state index contributed by atoms with van der Waals surface area (Å²) < 4.78 is 6.64. The van der Waals surface area contributed by atoms with Crippen LogP contribution in [0.1, 0.15) is 23.2 Å². The zero-order chi connectivity index (χ0) is 13.0. The summed E-state index contributed by atoms with van der Waals surface area (Å²) in [5.74, 6) is 0.657. The van der Waals surface area contributed by atoms with E-state index in [4.69, 9.17) is 10.5 Å². The molecule has 1 heterocycles. The van der Waals surface area contributed by atoms with E-state index >= 15 is 0 Å². The minimum absolute atomic E-state index is 0.437. The fourth-order valence-corrected chi connectivity index (χ4v) is 2.42. The third-order valence-corrected chi connectivity index (χ3v) is 3.64. The monoisotopic (exact) mass is 312 g/mol. The second-order valence-corrected chi connectivity index (χ2v) is 5.42. The van der Waals surface area contributed by atoms with Crippen LogP contribution in [0, 0.1) is 5.92 Å². The van der Waals surface area contributed by atoms with Gasteiger partial charge >= 0.3 is 0 Å². The molecule has 1 aromatic carbocycles. The molecule has 0 aliphatic carbocycles. The van der Waals surface area contributed by atoms with Crippen LogP contribution in [0.4, 0.5) is 0 Å². The van der Waals surface area contributed by atoms with E-state index < -0.39 is 5.91 Å². The molecule has 18 heavy (non-hydrogen) atoms. The average Bonchev–Trinajstić information content (AvgIpc) is 2.37. The second-order valence-electron chi connectivity index (χ2n) is 4.51. The van der Waals surface area contributed by atoms with Crippen LogP contribution in [-0.2, 0) is 0 Å². The van der Waals surface area contributed by atoms with Crippen LogP contribution in [0.3, 0.4) is 0 Å². The smallest absolute Gasteiger partial charge is 0.252 e. The van der Waals surface area contributed by atoms with Gasteiger partial charge in [-0.3, -0.25) is 4.79 Å². The number of nitrogens with two attached hydrogens (primary N) is 1. The van der Waals surface area contributed by atoms with Crippen molar-refractivity contribution in [3.63, 3.8) is 0 Å². The van der Waals surface area contributed by atoms with Crippen molar-refractivity contribution >= 4 is 21.8 Å². The maximum absolute atomic E-state index is 11.3. The molecule has 0 aromatic heterocycles. The van der Waals surface area contributed by atoms with Crippen LogP contribution in [-0.4, -0.2) is 25.6 Å². The Morgan fingerprint density at radius 2 is 2.17 bits per heavy atom. The van der Waals surface area contributed by atoms with E-state index in [1.807, 2.05) is 0 Å². The standard InChI is InChI=1S/C13H17BrN2O2/c14-10-1-2-11(13(15)17)12(7-10)18-8-9-3-5-16-6-4-9/h1-2,7,9,16H,3-6,8H2,(H2,15,17). The minimum atomic E-state index is -0.456. The van der Waals surface area contributed by atoms with E-state index in [1.54, 1.807) is 18.2 Å². The molecule has 4 nitrogen and oxygen atoms in total. The number of hydrogen-bond acceptors (Lipinski definition) is 3. The zero-order valence-electron chi connectivity index (χ0n) is 10.1. The van der Waals surface area contributed by atoms with Crippen molar-refractivity contribution in [3.8, 4) is 5.75 Å². The maximum Gasteiger partial charge on any atom is 0.252 e. The molecule has 0 saturated carbocycles. The summed E-state index contributed by atoms with van der Waals surface area (Å²) in [4.78, 5) is 11.3. The molecule has 0 atom stereocenters. The van der Waals surface area contributed by atoms with Gasteiger partial charge < -0.3 is 15.8 Å². The van der Waals surface area contributed by atoms with Crippen molar-refractivity contribution in [2.45, 2.75) is 12.8 Å². The summed E-state index contributed by atoms with van der Waals surface area (Å²) in [6, 6.07) is 5.27. The molecular formula is C13H17BrN2O2. The van der Waals surface area contributed by atoms with E-state index in [9.17, 15) is 4.79 Å². The quantitative estimate of drug-likeness (QED) is 0.893. The topological polar surface area (TPSA) is 64.4 Å². The summed E-state index contributed by atoms with van der Waals surface area (Å²) >= 11 is 3.37. The Morgan fingerprint density at radius 3 is 2.83 bits per heavy atom. The van der Waals surface area contributed by atoms with E-state index in [0.29, 0.717) is 23.8 Å². The third-order valence-electron chi connectivity index (χ3n) is 3.14. The fraction of sp³-hybridized carbons (Fsp3) is 0.462. The number of rotatable bonds is 4. The normalized spacial score (nSPS) is 16.5. The van der Waals surface area contributed by atoms with Gasteiger partial charge in [0.1, 0.15) is 5.75 Å². The lowest BCUT2D eigenvalue weighted by Crippen LogP contribution is -2.30. The lowest BCUT2D eigenvalue weighted by atomic mass is 9.99. The largest absolute Gasteiger partial charge is 0.492 e. The van der Waals surface area contributed by atoms with Gasteiger partial charge in [0, 0.05) is 4.47 Å². The maximum atomic E-state index is 11.3. The Kier molecular flexibility index (Phi) is 4.60. The van der Waals surface area contributed by atoms with Crippen molar-refractivity contribution in [3.05, 3.63) is 28.2 Å². The van der Waals surface area contributed by atoms with Gasteiger partial charge in [0.25, 0.3) is 5.91 Å². The number of carbonyl (C=O) groups excluding carboxylic acids is 1. The van der Waals surface area contributed by atoms with Gasteiger partial charge in [-0.15, -0.1) is 0 Å². The Morgan fingerprint density at radius 1 is 1.44 bits per heavy atom. The number of benzene rings is 1. The molecule has 1 aliphatic rings. The van der Waals surface area contributed by atoms with Crippen molar-refractivity contribution in [2.24, 2.45) is 11.7 Å². The van der Waals surface area contributed by atoms with Gasteiger partial charge in [-0.25, -0.2) is 0 Å². The summed E-state index contributed by atoms with van der Waals surface area (Å²) in [5, 5.41) is 3.31. The van der Waals surface area contributed by atoms with Crippen LogP contribution >= 0.6 is 15.9 Å². The van der Waals surface area contributed by atoms with Crippen LogP contribution in [0.15, 0.2) is 22.7 Å². The van der Waals surface area contributed by atoms with Gasteiger partial charge in [0.2, 0.25) is 0 Å². The van der Waals surface area contributed by atoms with Crippen LogP contribution in [0.5, 0.6) is 5.75 Å². The number of primary amides is 1. The molecule has 0 radical (unpaired) electrons. The Balaban J connectivity index is 2.03. The van der Waals surface area contributed by atoms with Crippen molar-refractivity contribution < 1.29 is 9.53 Å². The molecular weight excluding hydrogens is 296 g/mol. The summed E-state index contributed by atoms with van der Waals surface area (Å²) in [5.41, 5.74) is 5.77. The SMILES string of the molecule is NC(=O)c1ccc(Br)cc1OCC1CCNCC1. The van der Waals surface area contributed by atoms with E-state index in [1.165, 1.54) is 0 Å². The molecule has 0 spiro atoms. The van der Waals surface area contributed by atoms with Gasteiger partial charge in [0.15, 0.2) is 0 Å². The molecule has 1 aromatic rings. The predicted octanol–water partition coefficient (Wildman–Crippen LogP) is 1.93. The summed E-state index contributed by atoms with van der Waals surface area (Å²) in [7, 11) is 0. The Hall–Kier alpha value is -1.07. The van der Waals surface area contributed by atoms with Gasteiger partial charge in [-0.1, -0.05) is 15.9 Å². The first-order valence-electron chi connectivity index (χ1n) is 6.09. The van der Waals surface area contributed by atoms with Crippen LogP contribution < -0.4 is 15.8 Å². The van der Waals surface area contributed by atoms with E-state index in [0.717, 1.165) is 30.4 Å². The molecule has 3 N–H and O–H groups in total. The molecule has 1 amide bonds. The van der Waals surface area contributed by atoms with Crippen molar-refractivity contribution in [1.29, 1.82) is 0 Å². The van der Waals surface area contributed by atoms with Gasteiger partial charge in [-0.2, -0.15) is 0 Å². The highest BCUT2D eigenvalue weighted by Crippen LogP contribution is 2.25. The molecule has 98 valence electrons. The summed E-state index contributed by atoms with van der Waals surface area (Å²) in [6.07, 6.45) is 2.22. The lowest BCUT2D eigenvalue weighted by molar-refractivity contribution is 0.0994. The fourth-order valence-electron chi connectivity index (χ4n) is 2.08. The molecule has 0 bridgehead atoms. The average molecular weight is 313 g/mol. The molecule has 5 heteroatoms. The molecule has 1 fully saturated rings. The van der Waals surface area contributed by atoms with Gasteiger partial charge in [0.05, 0.1) is 12.2 Å². The van der Waals surface area contributed by atoms with Crippen molar-refractivity contribution in [1.82, 2.24) is 5.32 Å². The molecule has 0 unspecified atom stereocenters. The number of piperidine rings is 1. The Bertz CT molecular complexity index is 431. The highest BCUT2D eigenvalue weighted by molar-refractivity contribution is 9.10. The number of ether oxygens (including phenoxy) is 1. The Labute approximate surface area is 115 Å². The number of halogens is 1. The predicted molar refractivity (Wildman–Crippen MR) is 73.7 cm³/mol. The van der Waals surface area contributed by atoms with E-state index in [2.05, 4.69) is 21.2 Å². The first-order valence-corrected chi connectivity index (χ1v) is 6.89. The zero-order valence-corrected chi connectivity index (χ0v) is 11.7. The first kappa shape index (κ1) is 13.4. The number of carbonyl (C=O) groups is 1. The molecule has 1 saturated heterocycles. The first-order chi connectivity index (χ1) is 8.66. The summed E-state index contributed by atoms with van der Waals surface area (Å²) in [6.45, 7) is 2.71. The third kappa shape index (κ3) is 3.46. The van der Waals surface area contributed by atoms with Crippen molar-refractivity contribution in [2.75, 3.05) is 19.7 Å².